The number of anilines is 2. The van der Waals surface area contributed by atoms with Crippen molar-refractivity contribution in [3.05, 3.63) is 50.6 Å². The Hall–Kier alpha value is -1.78. The third kappa shape index (κ3) is 2.45. The minimum atomic E-state index is -0.454. The number of nitrogen functional groups attached to an aromatic ring is 1. The predicted molar refractivity (Wildman–Crippen MR) is 96.8 cm³/mol. The highest BCUT2D eigenvalue weighted by Gasteiger charge is 2.34. The van der Waals surface area contributed by atoms with Crippen molar-refractivity contribution in [3.8, 4) is 0 Å². The molecule has 0 saturated heterocycles. The van der Waals surface area contributed by atoms with Gasteiger partial charge in [-0.2, -0.15) is 0 Å². The largest absolute Gasteiger partial charge is 0.398 e. The molecule has 1 aromatic carbocycles. The number of nitrogens with zero attached hydrogens (tertiary/aromatic N) is 1. The molecule has 2 aliphatic rings. The average molecular weight is 362 g/mol. The first-order valence-corrected chi connectivity index (χ1v) is 8.86. The predicted octanol–water partition coefficient (Wildman–Crippen LogP) is 4.13. The van der Waals surface area contributed by atoms with Crippen LogP contribution in [-0.4, -0.2) is 10.9 Å². The minimum absolute atomic E-state index is 0.139. The molecular formula is C18H17Cl2N3O. The minimum Gasteiger partial charge on any atom is -0.398 e. The quantitative estimate of drug-likeness (QED) is 0.802. The second-order valence-corrected chi connectivity index (χ2v) is 7.18. The van der Waals surface area contributed by atoms with Crippen LogP contribution in [0, 0.1) is 0 Å². The van der Waals surface area contributed by atoms with E-state index in [9.17, 15) is 4.79 Å². The van der Waals surface area contributed by atoms with Gasteiger partial charge in [-0.25, -0.2) is 4.98 Å². The zero-order valence-electron chi connectivity index (χ0n) is 13.0. The molecule has 0 spiro atoms. The summed E-state index contributed by atoms with van der Waals surface area (Å²) in [5, 5.41) is 3.90. The number of aromatic nitrogens is 1. The van der Waals surface area contributed by atoms with Gasteiger partial charge in [0.25, 0.3) is 0 Å². The van der Waals surface area contributed by atoms with Crippen molar-refractivity contribution >= 4 is 40.6 Å². The smallest absolute Gasteiger partial charge is 0.233 e. The second kappa shape index (κ2) is 5.94. The lowest BCUT2D eigenvalue weighted by Gasteiger charge is -2.29. The fraction of sp³-hybridized carbons (Fsp3) is 0.333. The Kier molecular flexibility index (Phi) is 3.89. The Morgan fingerprint density at radius 3 is 2.58 bits per heavy atom. The van der Waals surface area contributed by atoms with Gasteiger partial charge in [-0.1, -0.05) is 29.3 Å². The summed E-state index contributed by atoms with van der Waals surface area (Å²) in [4.78, 5) is 17.3. The van der Waals surface area contributed by atoms with Crippen molar-refractivity contribution < 1.29 is 4.79 Å². The normalized spacial score (nSPS) is 19.4. The Bertz CT molecular complexity index is 830. The van der Waals surface area contributed by atoms with Crippen LogP contribution in [0.2, 0.25) is 10.0 Å². The molecule has 24 heavy (non-hydrogen) atoms. The van der Waals surface area contributed by atoms with E-state index in [1.54, 1.807) is 18.2 Å². The van der Waals surface area contributed by atoms with Gasteiger partial charge in [-0.3, -0.25) is 4.79 Å². The van der Waals surface area contributed by atoms with Gasteiger partial charge in [0.15, 0.2) is 0 Å². The molecule has 1 aromatic heterocycles. The Balaban J connectivity index is 1.81. The zero-order valence-corrected chi connectivity index (χ0v) is 14.5. The monoisotopic (exact) mass is 361 g/mol. The van der Waals surface area contributed by atoms with Gasteiger partial charge >= 0.3 is 0 Å². The van der Waals surface area contributed by atoms with Crippen LogP contribution in [0.1, 0.15) is 41.1 Å². The van der Waals surface area contributed by atoms with Crippen LogP contribution in [0.5, 0.6) is 0 Å². The number of fused-ring (bicyclic) bond motifs is 2. The van der Waals surface area contributed by atoms with E-state index in [0.29, 0.717) is 27.8 Å². The van der Waals surface area contributed by atoms with Crippen molar-refractivity contribution in [2.24, 2.45) is 0 Å². The van der Waals surface area contributed by atoms with Gasteiger partial charge in [-0.05, 0) is 49.8 Å². The number of hydrogen-bond donors (Lipinski definition) is 2. The summed E-state index contributed by atoms with van der Waals surface area (Å²) in [6, 6.07) is 5.27. The zero-order chi connectivity index (χ0) is 16.8. The lowest BCUT2D eigenvalue weighted by molar-refractivity contribution is -0.117. The van der Waals surface area contributed by atoms with Crippen LogP contribution in [-0.2, 0) is 24.1 Å². The van der Waals surface area contributed by atoms with Crippen LogP contribution in [0.4, 0.5) is 11.5 Å². The molecule has 1 aliphatic carbocycles. The van der Waals surface area contributed by atoms with Crippen molar-refractivity contribution in [2.45, 2.75) is 38.0 Å². The van der Waals surface area contributed by atoms with Crippen LogP contribution in [0.15, 0.2) is 18.2 Å². The Morgan fingerprint density at radius 1 is 1.12 bits per heavy atom. The molecule has 0 saturated carbocycles. The number of nitrogens with two attached hydrogens (primary N) is 1. The van der Waals surface area contributed by atoms with E-state index in [1.165, 1.54) is 0 Å². The molecule has 6 heteroatoms. The maximum Gasteiger partial charge on any atom is 0.233 e. The van der Waals surface area contributed by atoms with E-state index in [0.717, 1.165) is 48.2 Å². The van der Waals surface area contributed by atoms with Gasteiger partial charge in [0.2, 0.25) is 5.91 Å². The number of rotatable bonds is 1. The molecule has 3 N–H and O–H groups in total. The summed E-state index contributed by atoms with van der Waals surface area (Å²) in [7, 11) is 0. The SMILES string of the molecule is Nc1c2c(nc3c1C[C@H](c1c(Cl)cccc1Cl)C(=O)N3)CCCC2. The molecule has 0 fully saturated rings. The fourth-order valence-corrected chi connectivity index (χ4v) is 4.36. The first kappa shape index (κ1) is 15.7. The third-order valence-corrected chi connectivity index (χ3v) is 5.60. The number of carbonyl (C=O) groups excluding carboxylic acids is 1. The maximum atomic E-state index is 12.6. The lowest BCUT2D eigenvalue weighted by atomic mass is 9.85. The van der Waals surface area contributed by atoms with Crippen LogP contribution in [0.3, 0.4) is 0 Å². The van der Waals surface area contributed by atoms with E-state index in [-0.39, 0.29) is 5.91 Å². The molecule has 4 nitrogen and oxygen atoms in total. The van der Waals surface area contributed by atoms with E-state index in [2.05, 4.69) is 10.3 Å². The fourth-order valence-electron chi connectivity index (χ4n) is 3.70. The summed E-state index contributed by atoms with van der Waals surface area (Å²) < 4.78 is 0. The molecule has 1 atom stereocenters. The van der Waals surface area contributed by atoms with Gasteiger partial charge in [0, 0.05) is 32.6 Å². The number of halogens is 2. The van der Waals surface area contributed by atoms with Crippen LogP contribution in [0.25, 0.3) is 0 Å². The van der Waals surface area contributed by atoms with Crippen LogP contribution < -0.4 is 11.1 Å². The molecule has 1 amide bonds. The molecule has 0 radical (unpaired) electrons. The van der Waals surface area contributed by atoms with Gasteiger partial charge in [0.05, 0.1) is 5.92 Å². The molecule has 2 aromatic rings. The second-order valence-electron chi connectivity index (χ2n) is 6.37. The summed E-state index contributed by atoms with van der Waals surface area (Å²) >= 11 is 12.6. The average Bonchev–Trinajstić information content (AvgIpc) is 2.56. The number of aryl methyl sites for hydroxylation is 1. The molecular weight excluding hydrogens is 345 g/mol. The summed E-state index contributed by atoms with van der Waals surface area (Å²) in [5.74, 6) is 0.00201. The lowest BCUT2D eigenvalue weighted by Crippen LogP contribution is -2.31. The topological polar surface area (TPSA) is 68.0 Å². The van der Waals surface area contributed by atoms with Gasteiger partial charge < -0.3 is 11.1 Å². The van der Waals surface area contributed by atoms with Crippen molar-refractivity contribution in [1.29, 1.82) is 0 Å². The Morgan fingerprint density at radius 2 is 1.83 bits per heavy atom. The number of pyridine rings is 1. The van der Waals surface area contributed by atoms with Crippen molar-refractivity contribution in [3.63, 3.8) is 0 Å². The van der Waals surface area contributed by atoms with Crippen molar-refractivity contribution in [2.75, 3.05) is 11.1 Å². The summed E-state index contributed by atoms with van der Waals surface area (Å²) in [6.45, 7) is 0. The summed E-state index contributed by atoms with van der Waals surface area (Å²) in [6.07, 6.45) is 4.58. The molecule has 0 bridgehead atoms. The first-order chi connectivity index (χ1) is 11.6. The number of nitrogens with one attached hydrogen (secondary N) is 1. The highest BCUT2D eigenvalue weighted by atomic mass is 35.5. The van der Waals surface area contributed by atoms with E-state index >= 15 is 0 Å². The highest BCUT2D eigenvalue weighted by Crippen LogP contribution is 2.41. The number of benzene rings is 1. The molecule has 0 unspecified atom stereocenters. The van der Waals surface area contributed by atoms with Crippen LogP contribution >= 0.6 is 23.2 Å². The van der Waals surface area contributed by atoms with E-state index < -0.39 is 5.92 Å². The third-order valence-electron chi connectivity index (χ3n) is 4.94. The van der Waals surface area contributed by atoms with E-state index in [1.807, 2.05) is 0 Å². The van der Waals surface area contributed by atoms with E-state index in [4.69, 9.17) is 28.9 Å². The first-order valence-electron chi connectivity index (χ1n) is 8.11. The maximum absolute atomic E-state index is 12.6. The number of amides is 1. The van der Waals surface area contributed by atoms with Crippen molar-refractivity contribution in [1.82, 2.24) is 4.98 Å². The Labute approximate surface area is 150 Å². The summed E-state index contributed by atoms with van der Waals surface area (Å²) in [5.41, 5.74) is 10.9. The molecule has 2 heterocycles. The molecule has 4 rings (SSSR count). The van der Waals surface area contributed by atoms with Gasteiger partial charge in [0.1, 0.15) is 5.82 Å². The molecule has 124 valence electrons. The molecule has 1 aliphatic heterocycles. The number of carbonyl (C=O) groups is 1. The highest BCUT2D eigenvalue weighted by molar-refractivity contribution is 6.36. The number of hydrogen-bond acceptors (Lipinski definition) is 3. The standard InChI is InChI=1S/C18H17Cl2N3O/c19-12-5-3-6-13(20)15(12)10-8-11-16(21)9-4-1-2-7-14(9)22-17(11)23-18(10)24/h3,5-6,10H,1-2,4,7-8H2,(H3,21,22,23,24)/t10-/m1/s1. The van der Waals surface area contributed by atoms with Gasteiger partial charge in [-0.15, -0.1) is 0 Å².